The maximum atomic E-state index is 5.70. The van der Waals surface area contributed by atoms with Crippen LogP contribution in [0.25, 0.3) is 0 Å². The van der Waals surface area contributed by atoms with Crippen LogP contribution in [0.3, 0.4) is 0 Å². The Morgan fingerprint density at radius 3 is 1.91 bits per heavy atom. The highest BCUT2D eigenvalue weighted by Gasteiger charge is 2.35. The van der Waals surface area contributed by atoms with Crippen LogP contribution in [0, 0.1) is 0 Å². The number of hydrogen-bond donors (Lipinski definition) is 0. The number of ether oxygens (including phenoxy) is 1. The molecule has 1 aliphatic rings. The summed E-state index contributed by atoms with van der Waals surface area (Å²) in [5, 5.41) is 0.359. The molecule has 0 spiro atoms. The Kier molecular flexibility index (Phi) is 3.13. The van der Waals surface area contributed by atoms with Gasteiger partial charge in [-0.25, -0.2) is 0 Å². The monoisotopic (exact) mass is 172 g/mol. The van der Waals surface area contributed by atoms with Gasteiger partial charge in [0, 0.05) is 7.11 Å². The van der Waals surface area contributed by atoms with Crippen LogP contribution < -0.4 is 0 Å². The number of rotatable bonds is 2. The Bertz CT molecular complexity index is 117. The van der Waals surface area contributed by atoms with Gasteiger partial charge in [-0.05, 0) is 12.8 Å². The molecule has 0 heterocycles. The quantitative estimate of drug-likeness (QED) is 0.581. The zero-order chi connectivity index (χ0) is 8.32. The molecule has 1 aliphatic carbocycles. The van der Waals surface area contributed by atoms with Crippen molar-refractivity contribution in [3.8, 4) is 0 Å². The van der Waals surface area contributed by atoms with Gasteiger partial charge in [-0.2, -0.15) is 0 Å². The summed E-state index contributed by atoms with van der Waals surface area (Å²) in [4.78, 5) is 0. The van der Waals surface area contributed by atoms with Gasteiger partial charge in [0.25, 0.3) is 0 Å². The highest BCUT2D eigenvalue weighted by atomic mass is 28.3. The number of methoxy groups -OCH3 is 1. The first kappa shape index (κ1) is 9.27. The zero-order valence-corrected chi connectivity index (χ0v) is 9.18. The van der Waals surface area contributed by atoms with Gasteiger partial charge in [0.05, 0.1) is 14.0 Å². The second kappa shape index (κ2) is 3.72. The molecular formula is C9H20OSi. The Morgan fingerprint density at radius 1 is 1.09 bits per heavy atom. The first-order chi connectivity index (χ1) is 5.21. The predicted molar refractivity (Wildman–Crippen MR) is 51.7 cm³/mol. The molecule has 0 aliphatic heterocycles. The fourth-order valence-electron chi connectivity index (χ4n) is 2.17. The lowest BCUT2D eigenvalue weighted by molar-refractivity contribution is 0.0257. The summed E-state index contributed by atoms with van der Waals surface area (Å²) in [5.74, 6) is 0. The van der Waals surface area contributed by atoms with E-state index in [9.17, 15) is 0 Å². The van der Waals surface area contributed by atoms with Crippen LogP contribution in [-0.4, -0.2) is 21.1 Å². The molecule has 66 valence electrons. The molecule has 2 heteroatoms. The summed E-state index contributed by atoms with van der Waals surface area (Å²) in [6.07, 6.45) is 6.85. The van der Waals surface area contributed by atoms with E-state index in [1.165, 1.54) is 32.1 Å². The lowest BCUT2D eigenvalue weighted by Crippen LogP contribution is -2.45. The molecule has 0 unspecified atom stereocenters. The third-order valence-electron chi connectivity index (χ3n) is 3.16. The standard InChI is InChI=1S/C9H20OSi/c1-10-9(11(2)3)7-5-4-6-8-9/h11H,4-8H2,1-3H3. The Labute approximate surface area is 71.7 Å². The van der Waals surface area contributed by atoms with Crippen LogP contribution in [0.5, 0.6) is 0 Å². The maximum absolute atomic E-state index is 5.70. The minimum absolute atomic E-state index is 0.359. The Hall–Kier alpha value is 0.177. The van der Waals surface area contributed by atoms with E-state index < -0.39 is 8.80 Å². The van der Waals surface area contributed by atoms with E-state index in [1.807, 2.05) is 7.11 Å². The summed E-state index contributed by atoms with van der Waals surface area (Å²) in [5.41, 5.74) is 0. The van der Waals surface area contributed by atoms with Crippen LogP contribution in [0.2, 0.25) is 13.1 Å². The summed E-state index contributed by atoms with van der Waals surface area (Å²) < 4.78 is 5.70. The maximum Gasteiger partial charge on any atom is 0.0695 e. The predicted octanol–water partition coefficient (Wildman–Crippen LogP) is 2.36. The van der Waals surface area contributed by atoms with Gasteiger partial charge in [-0.15, -0.1) is 0 Å². The molecule has 0 radical (unpaired) electrons. The highest BCUT2D eigenvalue weighted by Crippen LogP contribution is 2.33. The normalized spacial score (nSPS) is 24.0. The summed E-state index contributed by atoms with van der Waals surface area (Å²) in [6.45, 7) is 4.82. The fourth-order valence-corrected chi connectivity index (χ4v) is 4.20. The first-order valence-corrected chi connectivity index (χ1v) is 7.65. The molecule has 0 atom stereocenters. The van der Waals surface area contributed by atoms with E-state index >= 15 is 0 Å². The van der Waals surface area contributed by atoms with E-state index in [0.717, 1.165) is 0 Å². The van der Waals surface area contributed by atoms with Crippen LogP contribution in [0.1, 0.15) is 32.1 Å². The van der Waals surface area contributed by atoms with E-state index in [2.05, 4.69) is 13.1 Å². The van der Waals surface area contributed by atoms with Crippen LogP contribution in [0.15, 0.2) is 0 Å². The van der Waals surface area contributed by atoms with Crippen LogP contribution in [-0.2, 0) is 4.74 Å². The average molecular weight is 172 g/mol. The smallest absolute Gasteiger partial charge is 0.0695 e. The minimum atomic E-state index is -0.610. The molecule has 0 amide bonds. The number of hydrogen-bond acceptors (Lipinski definition) is 1. The van der Waals surface area contributed by atoms with E-state index in [0.29, 0.717) is 5.22 Å². The van der Waals surface area contributed by atoms with E-state index in [1.54, 1.807) is 0 Å². The van der Waals surface area contributed by atoms with Gasteiger partial charge in [0.15, 0.2) is 0 Å². The fraction of sp³-hybridized carbons (Fsp3) is 1.00. The van der Waals surface area contributed by atoms with Gasteiger partial charge in [0.1, 0.15) is 0 Å². The van der Waals surface area contributed by atoms with Crippen molar-refractivity contribution in [2.24, 2.45) is 0 Å². The van der Waals surface area contributed by atoms with Crippen molar-refractivity contribution in [2.45, 2.75) is 50.4 Å². The molecule has 0 aromatic heterocycles. The zero-order valence-electron chi connectivity index (χ0n) is 8.02. The van der Waals surface area contributed by atoms with Gasteiger partial charge < -0.3 is 4.74 Å². The molecule has 1 rings (SSSR count). The van der Waals surface area contributed by atoms with Crippen molar-refractivity contribution in [3.63, 3.8) is 0 Å². The third-order valence-corrected chi connectivity index (χ3v) is 6.08. The van der Waals surface area contributed by atoms with Gasteiger partial charge in [-0.3, -0.25) is 0 Å². The minimum Gasteiger partial charge on any atom is -0.382 e. The first-order valence-electron chi connectivity index (χ1n) is 4.76. The van der Waals surface area contributed by atoms with Gasteiger partial charge >= 0.3 is 0 Å². The largest absolute Gasteiger partial charge is 0.382 e. The van der Waals surface area contributed by atoms with E-state index in [-0.39, 0.29) is 0 Å². The highest BCUT2D eigenvalue weighted by molar-refractivity contribution is 6.59. The summed E-state index contributed by atoms with van der Waals surface area (Å²) >= 11 is 0. The van der Waals surface area contributed by atoms with E-state index in [4.69, 9.17) is 4.74 Å². The Morgan fingerprint density at radius 2 is 1.64 bits per heavy atom. The molecule has 1 saturated carbocycles. The van der Waals surface area contributed by atoms with Gasteiger partial charge in [-0.1, -0.05) is 32.4 Å². The second-order valence-electron chi connectivity index (χ2n) is 3.98. The van der Waals surface area contributed by atoms with Crippen molar-refractivity contribution in [2.75, 3.05) is 7.11 Å². The molecule has 1 nitrogen and oxygen atoms in total. The summed E-state index contributed by atoms with van der Waals surface area (Å²) in [6, 6.07) is 0. The molecule has 0 saturated heterocycles. The molecule has 11 heavy (non-hydrogen) atoms. The van der Waals surface area contributed by atoms with Crippen LogP contribution >= 0.6 is 0 Å². The molecular weight excluding hydrogens is 152 g/mol. The summed E-state index contributed by atoms with van der Waals surface area (Å²) in [7, 11) is 1.29. The van der Waals surface area contributed by atoms with Crippen molar-refractivity contribution in [3.05, 3.63) is 0 Å². The van der Waals surface area contributed by atoms with Crippen molar-refractivity contribution in [1.29, 1.82) is 0 Å². The molecule has 0 aromatic carbocycles. The van der Waals surface area contributed by atoms with Crippen molar-refractivity contribution >= 4 is 8.80 Å². The second-order valence-corrected chi connectivity index (χ2v) is 7.35. The lowest BCUT2D eigenvalue weighted by Gasteiger charge is -2.39. The SMILES string of the molecule is COC1([SiH](C)C)CCCCC1. The van der Waals surface area contributed by atoms with Gasteiger partial charge in [0.2, 0.25) is 0 Å². The Balaban J connectivity index is 2.57. The molecule has 0 bridgehead atoms. The third kappa shape index (κ3) is 1.85. The molecule has 0 N–H and O–H groups in total. The van der Waals surface area contributed by atoms with Crippen molar-refractivity contribution in [1.82, 2.24) is 0 Å². The topological polar surface area (TPSA) is 9.23 Å². The van der Waals surface area contributed by atoms with Crippen LogP contribution in [0.4, 0.5) is 0 Å². The average Bonchev–Trinajstić information content (AvgIpc) is 2.05. The van der Waals surface area contributed by atoms with Crippen molar-refractivity contribution < 1.29 is 4.74 Å². The molecule has 0 aromatic rings. The molecule has 1 fully saturated rings. The lowest BCUT2D eigenvalue weighted by atomic mass is 9.97.